The number of hydrogen-bond acceptors (Lipinski definition) is 8. The third-order valence-corrected chi connectivity index (χ3v) is 7.83. The van der Waals surface area contributed by atoms with Crippen LogP contribution in [0, 0.1) is 25.5 Å². The summed E-state index contributed by atoms with van der Waals surface area (Å²) < 4.78 is 61.0. The summed E-state index contributed by atoms with van der Waals surface area (Å²) in [6, 6.07) is 7.01. The predicted octanol–water partition coefficient (Wildman–Crippen LogP) is 3.34. The Kier molecular flexibility index (Phi) is 6.59. The summed E-state index contributed by atoms with van der Waals surface area (Å²) in [5, 5.41) is -0.0678. The van der Waals surface area contributed by atoms with Crippen molar-refractivity contribution in [2.24, 2.45) is 0 Å². The Morgan fingerprint density at radius 3 is 2.79 bits per heavy atom. The maximum Gasteiger partial charge on any atom is 0.269 e. The molecule has 0 radical (unpaired) electrons. The highest BCUT2D eigenvalue weighted by Gasteiger charge is 2.32. The van der Waals surface area contributed by atoms with Crippen LogP contribution in [0.1, 0.15) is 23.4 Å². The van der Waals surface area contributed by atoms with E-state index >= 15 is 4.39 Å². The van der Waals surface area contributed by atoms with Gasteiger partial charge in [-0.1, -0.05) is 6.07 Å². The molecular weight excluding hydrogens is 470 g/mol. The number of anilines is 2. The van der Waals surface area contributed by atoms with Gasteiger partial charge in [0.2, 0.25) is 5.13 Å². The Bertz CT molecular complexity index is 1250. The second-order valence-corrected chi connectivity index (χ2v) is 10.5. The van der Waals surface area contributed by atoms with Gasteiger partial charge in [0.05, 0.1) is 5.69 Å². The molecule has 1 saturated heterocycles. The summed E-state index contributed by atoms with van der Waals surface area (Å²) in [6.07, 6.45) is 1.96. The molecule has 8 nitrogen and oxygen atoms in total. The average Bonchev–Trinajstić information content (AvgIpc) is 3.42. The van der Waals surface area contributed by atoms with E-state index in [1.54, 1.807) is 7.05 Å². The summed E-state index contributed by atoms with van der Waals surface area (Å²) in [5.74, 6) is -2.27. The monoisotopic (exact) mass is 494 g/mol. The van der Waals surface area contributed by atoms with E-state index < -0.39 is 26.6 Å². The normalized spacial score (nSPS) is 16.8. The van der Waals surface area contributed by atoms with Crippen molar-refractivity contribution in [2.75, 3.05) is 29.8 Å². The lowest BCUT2D eigenvalue weighted by Crippen LogP contribution is -2.35. The fourth-order valence-electron chi connectivity index (χ4n) is 4.06. The highest BCUT2D eigenvalue weighted by atomic mass is 32.2. The van der Waals surface area contributed by atoms with E-state index in [-0.39, 0.29) is 16.7 Å². The number of nitrogens with zero attached hydrogens (tertiary/aromatic N) is 5. The van der Waals surface area contributed by atoms with Gasteiger partial charge in [0, 0.05) is 61.2 Å². The summed E-state index contributed by atoms with van der Waals surface area (Å²) in [5.41, 5.74) is 2.32. The molecule has 4 rings (SSSR count). The quantitative estimate of drug-likeness (QED) is 0.539. The van der Waals surface area contributed by atoms with Crippen molar-refractivity contribution in [3.63, 3.8) is 0 Å². The second-order valence-electron chi connectivity index (χ2n) is 8.06. The van der Waals surface area contributed by atoms with Crippen molar-refractivity contribution >= 4 is 32.4 Å². The van der Waals surface area contributed by atoms with Gasteiger partial charge in [-0.2, -0.15) is 4.37 Å². The van der Waals surface area contributed by atoms with Crippen LogP contribution in [0.15, 0.2) is 35.5 Å². The minimum Gasteiger partial charge on any atom is -0.370 e. The summed E-state index contributed by atoms with van der Waals surface area (Å²) >= 11 is 0.773. The van der Waals surface area contributed by atoms with Crippen LogP contribution in [0.25, 0.3) is 0 Å². The zero-order chi connectivity index (χ0) is 23.8. The molecule has 0 saturated carbocycles. The molecule has 1 aliphatic heterocycles. The maximum atomic E-state index is 15.2. The first kappa shape index (κ1) is 23.5. The molecule has 33 heavy (non-hydrogen) atoms. The topological polar surface area (TPSA) is 91.3 Å². The molecule has 1 aliphatic rings. The molecule has 0 amide bonds. The van der Waals surface area contributed by atoms with E-state index in [4.69, 9.17) is 0 Å². The molecule has 176 valence electrons. The number of aryl methyl sites for hydroxylation is 1. The van der Waals surface area contributed by atoms with Crippen molar-refractivity contribution in [3.05, 3.63) is 59.2 Å². The highest BCUT2D eigenvalue weighted by molar-refractivity contribution is 7.93. The first-order valence-electron chi connectivity index (χ1n) is 10.3. The smallest absolute Gasteiger partial charge is 0.269 e. The molecule has 2 aromatic heterocycles. The van der Waals surface area contributed by atoms with Crippen LogP contribution in [0.3, 0.4) is 0 Å². The zero-order valence-corrected chi connectivity index (χ0v) is 20.1. The lowest BCUT2D eigenvalue weighted by Gasteiger charge is -2.29. The van der Waals surface area contributed by atoms with Crippen molar-refractivity contribution < 1.29 is 17.2 Å². The van der Waals surface area contributed by atoms with Gasteiger partial charge in [0.25, 0.3) is 10.0 Å². The minimum absolute atomic E-state index is 0.0225. The van der Waals surface area contributed by atoms with Crippen LogP contribution in [0.4, 0.5) is 19.6 Å². The lowest BCUT2D eigenvalue weighted by atomic mass is 10.1. The van der Waals surface area contributed by atoms with Crippen LogP contribution < -0.4 is 9.62 Å². The molecular formula is C21H24F2N6O2S2. The first-order chi connectivity index (χ1) is 15.7. The fraction of sp³-hybridized carbons (Fsp3) is 0.381. The van der Waals surface area contributed by atoms with Crippen LogP contribution >= 0.6 is 11.5 Å². The average molecular weight is 495 g/mol. The summed E-state index contributed by atoms with van der Waals surface area (Å²) in [4.78, 5) is 11.3. The second kappa shape index (κ2) is 9.27. The third kappa shape index (κ3) is 4.97. The number of halogens is 2. The number of pyridine rings is 1. The molecule has 12 heteroatoms. The number of rotatable bonds is 7. The summed E-state index contributed by atoms with van der Waals surface area (Å²) in [7, 11) is -2.73. The van der Waals surface area contributed by atoms with E-state index in [1.165, 1.54) is 6.92 Å². The van der Waals surface area contributed by atoms with Crippen LogP contribution in [0.2, 0.25) is 0 Å². The van der Waals surface area contributed by atoms with Crippen molar-refractivity contribution in [2.45, 2.75) is 37.8 Å². The molecule has 0 aliphatic carbocycles. The van der Waals surface area contributed by atoms with Crippen molar-refractivity contribution in [1.82, 2.24) is 19.2 Å². The number of aromatic nitrogens is 3. The zero-order valence-electron chi connectivity index (χ0n) is 18.4. The van der Waals surface area contributed by atoms with E-state index in [1.807, 2.05) is 30.0 Å². The standard InChI is InChI=1S/C21H24F2N6O2S2/c1-13-5-4-6-15(26-13)10-29-8-7-16(11-29)28(3)18-9-17(22)20(19(23)14(18)2)33(30,31)27-21-24-12-25-32-21/h4-6,9,12,16H,7-8,10-11H2,1-3H3,(H,24,25,27). The van der Waals surface area contributed by atoms with Crippen LogP contribution in [-0.4, -0.2) is 53.8 Å². The predicted molar refractivity (Wildman–Crippen MR) is 123 cm³/mol. The van der Waals surface area contributed by atoms with E-state index in [0.29, 0.717) is 18.8 Å². The third-order valence-electron chi connectivity index (χ3n) is 5.75. The summed E-state index contributed by atoms with van der Waals surface area (Å²) in [6.45, 7) is 5.62. The van der Waals surface area contributed by atoms with Gasteiger partial charge < -0.3 is 4.90 Å². The molecule has 0 bridgehead atoms. The largest absolute Gasteiger partial charge is 0.370 e. The lowest BCUT2D eigenvalue weighted by molar-refractivity contribution is 0.321. The Morgan fingerprint density at radius 1 is 1.30 bits per heavy atom. The fourth-order valence-corrected chi connectivity index (χ4v) is 5.92. The Balaban J connectivity index is 1.53. The molecule has 1 unspecified atom stereocenters. The molecule has 1 fully saturated rings. The molecule has 1 atom stereocenters. The van der Waals surface area contributed by atoms with E-state index in [2.05, 4.69) is 24.0 Å². The Labute approximate surface area is 195 Å². The number of likely N-dealkylation sites (tertiary alicyclic amines) is 1. The van der Waals surface area contributed by atoms with Gasteiger partial charge in [-0.05, 0) is 38.5 Å². The number of nitrogens with one attached hydrogen (secondary N) is 1. The highest BCUT2D eigenvalue weighted by Crippen LogP contribution is 2.33. The van der Waals surface area contributed by atoms with Crippen LogP contribution in [-0.2, 0) is 16.6 Å². The Morgan fingerprint density at radius 2 is 2.09 bits per heavy atom. The SMILES string of the molecule is Cc1cccc(CN2CCC(N(C)c3cc(F)c(S(=O)(=O)Nc4ncns4)c(F)c3C)C2)n1. The number of sulfonamides is 1. The molecule has 0 spiro atoms. The van der Waals surface area contributed by atoms with Gasteiger partial charge >= 0.3 is 0 Å². The van der Waals surface area contributed by atoms with Gasteiger partial charge in [-0.15, -0.1) is 0 Å². The molecule has 3 heterocycles. The van der Waals surface area contributed by atoms with Gasteiger partial charge in [-0.3, -0.25) is 14.6 Å². The van der Waals surface area contributed by atoms with E-state index in [9.17, 15) is 12.8 Å². The van der Waals surface area contributed by atoms with Crippen molar-refractivity contribution in [1.29, 1.82) is 0 Å². The number of hydrogen-bond donors (Lipinski definition) is 1. The molecule has 3 aromatic rings. The minimum atomic E-state index is -4.50. The van der Waals surface area contributed by atoms with Crippen LogP contribution in [0.5, 0.6) is 0 Å². The molecule has 1 N–H and O–H groups in total. The number of likely N-dealkylation sites (N-methyl/N-ethyl adjacent to an activating group) is 1. The van der Waals surface area contributed by atoms with E-state index in [0.717, 1.165) is 48.3 Å². The van der Waals surface area contributed by atoms with Gasteiger partial charge in [-0.25, -0.2) is 22.2 Å². The Hall–Kier alpha value is -2.70. The van der Waals surface area contributed by atoms with Crippen molar-refractivity contribution in [3.8, 4) is 0 Å². The van der Waals surface area contributed by atoms with Gasteiger partial charge in [0.15, 0.2) is 10.7 Å². The maximum absolute atomic E-state index is 15.2. The molecule has 1 aromatic carbocycles. The number of benzene rings is 1. The first-order valence-corrected chi connectivity index (χ1v) is 12.6. The van der Waals surface area contributed by atoms with Gasteiger partial charge in [0.1, 0.15) is 12.1 Å².